The Balaban J connectivity index is 2.30. The minimum Gasteiger partial charge on any atom is -0.229 e. The summed E-state index contributed by atoms with van der Waals surface area (Å²) in [6.07, 6.45) is 1.24. The third kappa shape index (κ3) is 2.84. The minimum absolute atomic E-state index is 0.0407. The lowest BCUT2D eigenvalue weighted by atomic mass is 10.3. The molecule has 0 unspecified atom stereocenters. The second kappa shape index (κ2) is 5.05. The van der Waals surface area contributed by atoms with E-state index in [1.54, 1.807) is 0 Å². The van der Waals surface area contributed by atoms with Crippen molar-refractivity contribution in [2.45, 2.75) is 16.6 Å². The molecule has 1 fully saturated rings. The van der Waals surface area contributed by atoms with E-state index in [9.17, 15) is 25.6 Å². The number of hydrogen-bond acceptors (Lipinski definition) is 4. The number of nitrogens with zero attached hydrogens (tertiary/aromatic N) is 1. The maximum Gasteiger partial charge on any atom is 0.243 e. The molecule has 1 saturated heterocycles. The maximum absolute atomic E-state index is 13.1. The van der Waals surface area contributed by atoms with E-state index in [0.717, 1.165) is 22.7 Å². The highest BCUT2D eigenvalue weighted by Gasteiger charge is 2.37. The molecule has 5 nitrogen and oxygen atoms in total. The molecule has 0 saturated carbocycles. The summed E-state index contributed by atoms with van der Waals surface area (Å²) in [5, 5.41) is -0.762. The number of rotatable bonds is 3. The van der Waals surface area contributed by atoms with Crippen LogP contribution in [0.25, 0.3) is 0 Å². The smallest absolute Gasteiger partial charge is 0.229 e. The minimum atomic E-state index is -4.01. The first kappa shape index (κ1) is 15.3. The Labute approximate surface area is 116 Å². The van der Waals surface area contributed by atoms with Crippen molar-refractivity contribution in [2.24, 2.45) is 0 Å². The Morgan fingerprint density at radius 2 is 1.80 bits per heavy atom. The van der Waals surface area contributed by atoms with Gasteiger partial charge in [0.25, 0.3) is 0 Å². The summed E-state index contributed by atoms with van der Waals surface area (Å²) in [6.45, 7) is -0.126. The van der Waals surface area contributed by atoms with Crippen molar-refractivity contribution in [3.05, 3.63) is 29.8 Å². The molecule has 0 aromatic heterocycles. The van der Waals surface area contributed by atoms with Crippen molar-refractivity contribution in [1.29, 1.82) is 0 Å². The monoisotopic (exact) mass is 325 g/mol. The second-order valence-electron chi connectivity index (χ2n) is 4.68. The van der Waals surface area contributed by atoms with E-state index in [2.05, 4.69) is 0 Å². The quantitative estimate of drug-likeness (QED) is 0.823. The topological polar surface area (TPSA) is 71.5 Å². The van der Waals surface area contributed by atoms with Crippen molar-refractivity contribution in [2.75, 3.05) is 19.3 Å². The standard InChI is InChI=1S/C11H13F2NO4S2/c1-19(15,16)9-4-5-14(7-9)20(17,18)8-2-3-10(12)11(13)6-8/h2-3,6,9H,4-5,7H2,1H3/t9-/m0/s1. The van der Waals surface area contributed by atoms with Crippen LogP contribution < -0.4 is 0 Å². The molecule has 1 aliphatic rings. The molecule has 0 bridgehead atoms. The first-order chi connectivity index (χ1) is 9.12. The molecule has 1 aromatic rings. The fourth-order valence-corrected chi connectivity index (χ4v) is 4.64. The zero-order chi connectivity index (χ0) is 15.1. The predicted octanol–water partition coefficient (Wildman–Crippen LogP) is 0.772. The summed E-state index contributed by atoms with van der Waals surface area (Å²) < 4.78 is 74.2. The maximum atomic E-state index is 13.1. The zero-order valence-electron chi connectivity index (χ0n) is 10.6. The van der Waals surface area contributed by atoms with Crippen LogP contribution in [0.1, 0.15) is 6.42 Å². The van der Waals surface area contributed by atoms with Gasteiger partial charge in [0.2, 0.25) is 10.0 Å². The van der Waals surface area contributed by atoms with Crippen molar-refractivity contribution in [3.63, 3.8) is 0 Å². The zero-order valence-corrected chi connectivity index (χ0v) is 12.2. The Morgan fingerprint density at radius 1 is 1.15 bits per heavy atom. The van der Waals surface area contributed by atoms with Crippen LogP contribution in [0.3, 0.4) is 0 Å². The number of hydrogen-bond donors (Lipinski definition) is 0. The van der Waals surface area contributed by atoms with Crippen LogP contribution in [0.2, 0.25) is 0 Å². The van der Waals surface area contributed by atoms with Gasteiger partial charge in [0, 0.05) is 19.3 Å². The molecule has 1 atom stereocenters. The lowest BCUT2D eigenvalue weighted by Crippen LogP contribution is -2.31. The highest BCUT2D eigenvalue weighted by atomic mass is 32.2. The average molecular weight is 325 g/mol. The Hall–Kier alpha value is -1.06. The lowest BCUT2D eigenvalue weighted by Gasteiger charge is -2.16. The van der Waals surface area contributed by atoms with Gasteiger partial charge in [0.15, 0.2) is 21.5 Å². The highest BCUT2D eigenvalue weighted by Crippen LogP contribution is 2.25. The predicted molar refractivity (Wildman–Crippen MR) is 68.4 cm³/mol. The Morgan fingerprint density at radius 3 is 2.30 bits per heavy atom. The second-order valence-corrected chi connectivity index (χ2v) is 8.94. The van der Waals surface area contributed by atoms with Crippen molar-refractivity contribution in [1.82, 2.24) is 4.31 Å². The van der Waals surface area contributed by atoms with Gasteiger partial charge in [-0.05, 0) is 24.6 Å². The van der Waals surface area contributed by atoms with E-state index in [1.165, 1.54) is 0 Å². The molecule has 0 aliphatic carbocycles. The van der Waals surface area contributed by atoms with Gasteiger partial charge in [-0.2, -0.15) is 4.31 Å². The third-order valence-corrected chi connectivity index (χ3v) is 6.70. The van der Waals surface area contributed by atoms with Crippen LogP contribution in [0.4, 0.5) is 8.78 Å². The van der Waals surface area contributed by atoms with Gasteiger partial charge in [-0.25, -0.2) is 25.6 Å². The van der Waals surface area contributed by atoms with E-state index >= 15 is 0 Å². The van der Waals surface area contributed by atoms with Crippen LogP contribution in [0, 0.1) is 11.6 Å². The van der Waals surface area contributed by atoms with Crippen LogP contribution in [-0.2, 0) is 19.9 Å². The van der Waals surface area contributed by atoms with Gasteiger partial charge in [-0.15, -0.1) is 0 Å². The summed E-state index contributed by atoms with van der Waals surface area (Å²) >= 11 is 0. The van der Waals surface area contributed by atoms with E-state index < -0.39 is 36.7 Å². The van der Waals surface area contributed by atoms with Crippen molar-refractivity contribution >= 4 is 19.9 Å². The highest BCUT2D eigenvalue weighted by molar-refractivity contribution is 7.91. The summed E-state index contributed by atoms with van der Waals surface area (Å²) in [6, 6.07) is 2.28. The van der Waals surface area contributed by atoms with Crippen LogP contribution in [0.15, 0.2) is 23.1 Å². The average Bonchev–Trinajstić information content (AvgIpc) is 2.82. The molecule has 0 N–H and O–H groups in total. The van der Waals surface area contributed by atoms with Crippen molar-refractivity contribution < 1.29 is 25.6 Å². The van der Waals surface area contributed by atoms with Crippen LogP contribution in [-0.4, -0.2) is 45.7 Å². The molecular weight excluding hydrogens is 312 g/mol. The molecule has 0 amide bonds. The number of halogens is 2. The SMILES string of the molecule is CS(=O)(=O)[C@H]1CCN(S(=O)(=O)c2ccc(F)c(F)c2)C1. The molecule has 0 spiro atoms. The summed E-state index contributed by atoms with van der Waals surface area (Å²) in [5.41, 5.74) is 0. The van der Waals surface area contributed by atoms with E-state index in [0.29, 0.717) is 6.07 Å². The van der Waals surface area contributed by atoms with Gasteiger partial charge in [-0.3, -0.25) is 0 Å². The molecule has 0 radical (unpaired) electrons. The third-order valence-electron chi connectivity index (χ3n) is 3.24. The summed E-state index contributed by atoms with van der Waals surface area (Å²) in [7, 11) is -7.34. The first-order valence-corrected chi connectivity index (χ1v) is 9.16. The van der Waals surface area contributed by atoms with E-state index in [4.69, 9.17) is 0 Å². The molecule has 9 heteroatoms. The van der Waals surface area contributed by atoms with Gasteiger partial charge in [-0.1, -0.05) is 0 Å². The molecule has 1 heterocycles. The molecule has 2 rings (SSSR count). The molecule has 1 aliphatic heterocycles. The molecular formula is C11H13F2NO4S2. The number of sulfonamides is 1. The summed E-state index contributed by atoms with van der Waals surface area (Å²) in [5.74, 6) is -2.40. The molecule has 112 valence electrons. The molecule has 20 heavy (non-hydrogen) atoms. The number of benzene rings is 1. The van der Waals surface area contributed by atoms with Gasteiger partial charge in [0.05, 0.1) is 10.1 Å². The van der Waals surface area contributed by atoms with Crippen LogP contribution >= 0.6 is 0 Å². The Kier molecular flexibility index (Phi) is 3.87. The summed E-state index contributed by atoms with van der Waals surface area (Å²) in [4.78, 5) is -0.384. The van der Waals surface area contributed by atoms with E-state index in [-0.39, 0.29) is 24.4 Å². The fourth-order valence-electron chi connectivity index (χ4n) is 2.05. The molecule has 1 aromatic carbocycles. The normalized spacial score (nSPS) is 21.2. The lowest BCUT2D eigenvalue weighted by molar-refractivity contribution is 0.472. The van der Waals surface area contributed by atoms with Gasteiger partial charge in [0.1, 0.15) is 0 Å². The van der Waals surface area contributed by atoms with E-state index in [1.807, 2.05) is 0 Å². The largest absolute Gasteiger partial charge is 0.243 e. The van der Waals surface area contributed by atoms with Crippen molar-refractivity contribution in [3.8, 4) is 0 Å². The Bertz CT molecular complexity index is 731. The first-order valence-electron chi connectivity index (χ1n) is 5.76. The van der Waals surface area contributed by atoms with Crippen LogP contribution in [0.5, 0.6) is 0 Å². The van der Waals surface area contributed by atoms with Gasteiger partial charge < -0.3 is 0 Å². The van der Waals surface area contributed by atoms with Gasteiger partial charge >= 0.3 is 0 Å². The fraction of sp³-hybridized carbons (Fsp3) is 0.455. The number of sulfone groups is 1.